The first-order valence-corrected chi connectivity index (χ1v) is 8.90. The van der Waals surface area contributed by atoms with Gasteiger partial charge in [-0.05, 0) is 28.1 Å². The smallest absolute Gasteiger partial charge is 0.302 e. The number of aromatic nitrogens is 1. The van der Waals surface area contributed by atoms with Crippen LogP contribution in [0.25, 0.3) is 10.9 Å². The van der Waals surface area contributed by atoms with Crippen LogP contribution in [-0.4, -0.2) is 45.7 Å². The molecule has 26 heavy (non-hydrogen) atoms. The Hall–Kier alpha value is -1.34. The van der Waals surface area contributed by atoms with E-state index < -0.39 is 37.4 Å². The highest BCUT2D eigenvalue weighted by atomic mass is 79.9. The number of fused-ring (bicyclic) bond motifs is 1. The number of halogens is 3. The van der Waals surface area contributed by atoms with Crippen molar-refractivity contribution < 1.29 is 25.9 Å². The van der Waals surface area contributed by atoms with E-state index in [9.17, 15) is 20.3 Å². The van der Waals surface area contributed by atoms with E-state index in [-0.39, 0.29) is 22.2 Å². The van der Waals surface area contributed by atoms with Crippen LogP contribution < -0.4 is 0 Å². The predicted octanol–water partition coefficient (Wildman–Crippen LogP) is 2.76. The van der Waals surface area contributed by atoms with Gasteiger partial charge in [0.2, 0.25) is 0 Å². The Morgan fingerprint density at radius 2 is 2.15 bits per heavy atom. The van der Waals surface area contributed by atoms with Gasteiger partial charge in [-0.2, -0.15) is 5.26 Å². The van der Waals surface area contributed by atoms with E-state index >= 15 is 0 Å². The van der Waals surface area contributed by atoms with Gasteiger partial charge in [0.1, 0.15) is 35.6 Å². The lowest BCUT2D eigenvalue weighted by Crippen LogP contribution is -2.34. The molecule has 0 amide bonds. The number of carbonyl (C=O) groups is 1. The monoisotopic (exact) mass is 463 g/mol. The number of nitriles is 1. The molecule has 1 aliphatic heterocycles. The van der Waals surface area contributed by atoms with E-state index in [1.165, 1.54) is 16.7 Å². The Morgan fingerprint density at radius 1 is 1.46 bits per heavy atom. The number of esters is 1. The normalized spacial score (nSPS) is 25.9. The summed E-state index contributed by atoms with van der Waals surface area (Å²) in [6.45, 7) is -0.881. The van der Waals surface area contributed by atoms with Crippen LogP contribution in [0.5, 0.6) is 0 Å². The van der Waals surface area contributed by atoms with Crippen LogP contribution in [0.15, 0.2) is 16.7 Å². The van der Waals surface area contributed by atoms with E-state index in [0.717, 1.165) is 0 Å². The highest BCUT2D eigenvalue weighted by Gasteiger charge is 2.45. The van der Waals surface area contributed by atoms with E-state index in [0.29, 0.717) is 15.5 Å². The lowest BCUT2D eigenvalue weighted by atomic mass is 10.1. The van der Waals surface area contributed by atoms with Gasteiger partial charge in [0, 0.05) is 13.7 Å². The van der Waals surface area contributed by atoms with Crippen LogP contribution in [-0.2, 0) is 14.3 Å². The van der Waals surface area contributed by atoms with Gasteiger partial charge >= 0.3 is 5.97 Å². The van der Waals surface area contributed by atoms with Gasteiger partial charge in [0.05, 0.1) is 21.1 Å². The fraction of sp³-hybridized carbons (Fsp3) is 0.375. The van der Waals surface area contributed by atoms with Crippen molar-refractivity contribution in [3.63, 3.8) is 0 Å². The molecule has 1 saturated heterocycles. The molecule has 10 heteroatoms. The van der Waals surface area contributed by atoms with Crippen molar-refractivity contribution in [2.45, 2.75) is 31.4 Å². The van der Waals surface area contributed by atoms with Gasteiger partial charge in [-0.3, -0.25) is 4.79 Å². The molecule has 2 aromatic rings. The number of aliphatic hydroxyl groups is 2. The summed E-state index contributed by atoms with van der Waals surface area (Å²) in [7, 11) is 0. The van der Waals surface area contributed by atoms with Crippen molar-refractivity contribution in [1.29, 1.82) is 5.26 Å². The van der Waals surface area contributed by atoms with Crippen molar-refractivity contribution in [3.05, 3.63) is 32.3 Å². The van der Waals surface area contributed by atoms with E-state index in [2.05, 4.69) is 22.0 Å². The number of hydrogen-bond acceptors (Lipinski definition) is 6. The quantitative estimate of drug-likeness (QED) is 0.676. The zero-order valence-electron chi connectivity index (χ0n) is 14.0. The maximum absolute atomic E-state index is 11.2. The molecule has 2 N–H and O–H groups in total. The molecule has 0 saturated carbocycles. The maximum Gasteiger partial charge on any atom is 0.302 e. The molecular formula is C16H13BrCl2N2O5. The zero-order chi connectivity index (χ0) is 19.9. The van der Waals surface area contributed by atoms with Crippen molar-refractivity contribution in [2.75, 3.05) is 6.61 Å². The number of carbonyl (C=O) groups excluding carboxylic acids is 1. The topological polar surface area (TPSA) is 105 Å². The lowest BCUT2D eigenvalue weighted by Gasteiger charge is -2.19. The minimum Gasteiger partial charge on any atom is -0.463 e. The molecule has 1 aromatic carbocycles. The number of nitrogens with zero attached hydrogens (tertiary/aromatic N) is 2. The molecule has 138 valence electrons. The summed E-state index contributed by atoms with van der Waals surface area (Å²) in [6.07, 6.45) is -4.78. The Morgan fingerprint density at radius 3 is 2.81 bits per heavy atom. The Balaban J connectivity index is 2.02. The van der Waals surface area contributed by atoms with Crippen LogP contribution in [0.1, 0.15) is 20.1 Å². The summed E-state index contributed by atoms with van der Waals surface area (Å²) in [5, 5.41) is 31.2. The van der Waals surface area contributed by atoms with Crippen LogP contribution in [0, 0.1) is 11.3 Å². The highest BCUT2D eigenvalue weighted by Crippen LogP contribution is 2.41. The van der Waals surface area contributed by atoms with Gasteiger partial charge in [0.25, 0.3) is 0 Å². The first-order chi connectivity index (χ1) is 12.8. The average Bonchev–Trinajstić information content (AvgIpc) is 3.06. The summed E-state index contributed by atoms with van der Waals surface area (Å²) in [5.41, 5.74) is 0.728. The molecular weight excluding hydrogens is 451 g/mol. The Labute approximate surface area is 168 Å². The van der Waals surface area contributed by atoms with Crippen molar-refractivity contribution in [3.8, 4) is 6.07 Å². The second-order valence-corrected chi connectivity index (χ2v) is 7.23. The third-order valence-corrected chi connectivity index (χ3v) is 5.60. The van der Waals surface area contributed by atoms with Gasteiger partial charge in [0.15, 0.2) is 6.23 Å². The standard InChI is InChI=1S/C16H13BrCl2N2O5/c1-6(22)25-5-12-13(23)14(24)16(26-12)21-11-3-10(19)9(18)2-7(11)8(4-20)15(21)17/h2-3,12-14,16,23-24H,5H2,1H3/t12-,13-,14-,16?/m1/s1/i1D. The molecule has 0 spiro atoms. The summed E-state index contributed by atoms with van der Waals surface area (Å²) < 4.78 is 19.3. The SMILES string of the molecule is [2H]CC(=O)OC[C@H]1OC(n2c(Br)c(C#N)c3cc(Cl)c(Cl)cc32)[C@H](O)[C@@H]1O. The highest BCUT2D eigenvalue weighted by molar-refractivity contribution is 9.10. The maximum atomic E-state index is 11.2. The molecule has 1 aliphatic rings. The molecule has 7 nitrogen and oxygen atoms in total. The number of ether oxygens (including phenoxy) is 2. The average molecular weight is 465 g/mol. The van der Waals surface area contributed by atoms with Crippen LogP contribution >= 0.6 is 39.1 Å². The van der Waals surface area contributed by atoms with E-state index in [4.69, 9.17) is 34.0 Å². The van der Waals surface area contributed by atoms with Crippen LogP contribution in [0.3, 0.4) is 0 Å². The summed E-state index contributed by atoms with van der Waals surface area (Å²) in [4.78, 5) is 11.2. The third kappa shape index (κ3) is 3.20. The van der Waals surface area contributed by atoms with Gasteiger partial charge in [-0.25, -0.2) is 0 Å². The first kappa shape index (κ1) is 18.0. The second-order valence-electron chi connectivity index (χ2n) is 5.66. The largest absolute Gasteiger partial charge is 0.463 e. The van der Waals surface area contributed by atoms with Crippen molar-refractivity contribution in [2.24, 2.45) is 0 Å². The molecule has 3 rings (SSSR count). The molecule has 4 atom stereocenters. The van der Waals surface area contributed by atoms with Crippen molar-refractivity contribution in [1.82, 2.24) is 4.57 Å². The molecule has 1 fully saturated rings. The molecule has 0 bridgehead atoms. The van der Waals surface area contributed by atoms with Gasteiger partial charge < -0.3 is 24.3 Å². The number of hydrogen-bond donors (Lipinski definition) is 2. The third-order valence-electron chi connectivity index (χ3n) is 4.10. The predicted molar refractivity (Wildman–Crippen MR) is 96.9 cm³/mol. The summed E-state index contributed by atoms with van der Waals surface area (Å²) in [6, 6.07) is 5.11. The zero-order valence-corrected chi connectivity index (χ0v) is 16.1. The van der Waals surface area contributed by atoms with Crippen LogP contribution in [0.2, 0.25) is 10.0 Å². The molecule has 2 heterocycles. The van der Waals surface area contributed by atoms with Crippen molar-refractivity contribution >= 4 is 56.0 Å². The van der Waals surface area contributed by atoms with E-state index in [1.54, 1.807) is 0 Å². The second kappa shape index (κ2) is 7.35. The summed E-state index contributed by atoms with van der Waals surface area (Å²) >= 11 is 15.5. The summed E-state index contributed by atoms with van der Waals surface area (Å²) in [5.74, 6) is -0.774. The number of aliphatic hydroxyl groups excluding tert-OH is 2. The number of benzene rings is 1. The molecule has 1 unspecified atom stereocenters. The fourth-order valence-electron chi connectivity index (χ4n) is 2.88. The van der Waals surface area contributed by atoms with Gasteiger partial charge in [-0.1, -0.05) is 23.2 Å². The fourth-order valence-corrected chi connectivity index (χ4v) is 3.90. The number of rotatable bonds is 3. The Bertz CT molecular complexity index is 947. The minimum atomic E-state index is -1.36. The van der Waals surface area contributed by atoms with E-state index in [1.807, 2.05) is 0 Å². The first-order valence-electron chi connectivity index (χ1n) is 8.05. The minimum absolute atomic E-state index is 0.244. The van der Waals surface area contributed by atoms with Gasteiger partial charge in [-0.15, -0.1) is 0 Å². The Kier molecular flexibility index (Phi) is 5.10. The molecule has 0 radical (unpaired) electrons. The lowest BCUT2D eigenvalue weighted by molar-refractivity contribution is -0.147. The molecule has 1 aromatic heterocycles. The molecule has 0 aliphatic carbocycles. The van der Waals surface area contributed by atoms with Crippen LogP contribution in [0.4, 0.5) is 0 Å².